The summed E-state index contributed by atoms with van der Waals surface area (Å²) in [5.74, 6) is 0. The zero-order valence-electron chi connectivity index (χ0n) is 13.2. The molecule has 1 heterocycles. The van der Waals surface area contributed by atoms with Crippen molar-refractivity contribution < 1.29 is 18.1 Å². The zero-order valence-corrected chi connectivity index (χ0v) is 13.2. The Labute approximate surface area is 145 Å². The van der Waals surface area contributed by atoms with Crippen molar-refractivity contribution in [1.82, 2.24) is 4.57 Å². The molecule has 0 bridgehead atoms. The number of aromatic nitrogens is 1. The normalized spacial score (nSPS) is 12.0. The molecule has 0 saturated heterocycles. The Balaban J connectivity index is 2.11. The molecule has 3 aromatic carbocycles. The fraction of sp³-hybridized carbons (Fsp3) is 0.0526. The molecule has 4 rings (SSSR count). The molecule has 0 aliphatic heterocycles. The maximum Gasteiger partial charge on any atom is 0.416 e. The van der Waals surface area contributed by atoms with E-state index >= 15 is 0 Å². The first-order valence-electron chi connectivity index (χ1n) is 7.72. The summed E-state index contributed by atoms with van der Waals surface area (Å²) in [6, 6.07) is 17.2. The highest BCUT2D eigenvalue weighted by Crippen LogP contribution is 2.38. The van der Waals surface area contributed by atoms with Gasteiger partial charge in [-0.25, -0.2) is 0 Å². The minimum atomic E-state index is -4.65. The van der Waals surface area contributed by atoms with E-state index in [0.717, 1.165) is 22.9 Å². The summed E-state index contributed by atoms with van der Waals surface area (Å²) >= 11 is 0. The fourth-order valence-electron chi connectivity index (χ4n) is 3.22. The number of fused-ring (bicyclic) bond motifs is 3. The third-order valence-electron chi connectivity index (χ3n) is 4.32. The molecule has 7 heteroatoms. The van der Waals surface area contributed by atoms with Gasteiger partial charge in [0.2, 0.25) is 0 Å². The standard InChI is InChI=1S/C19H11F3N2O2/c20-19(21,22)12-9-10-17(18(11-12)24(25)26)23-15-7-3-1-5-13(15)14-6-2-4-8-16(14)23/h1-11H. The van der Waals surface area contributed by atoms with Gasteiger partial charge in [-0.2, -0.15) is 13.2 Å². The highest BCUT2D eigenvalue weighted by molar-refractivity contribution is 6.09. The van der Waals surface area contributed by atoms with Crippen LogP contribution in [-0.4, -0.2) is 9.49 Å². The summed E-state index contributed by atoms with van der Waals surface area (Å²) in [6.45, 7) is 0. The van der Waals surface area contributed by atoms with E-state index in [-0.39, 0.29) is 5.69 Å². The minimum absolute atomic E-state index is 0.0976. The van der Waals surface area contributed by atoms with Gasteiger partial charge in [-0.15, -0.1) is 0 Å². The van der Waals surface area contributed by atoms with E-state index in [9.17, 15) is 23.3 Å². The number of nitro benzene ring substituents is 1. The molecule has 4 aromatic rings. The molecule has 26 heavy (non-hydrogen) atoms. The summed E-state index contributed by atoms with van der Waals surface area (Å²) in [7, 11) is 0. The highest BCUT2D eigenvalue weighted by atomic mass is 19.4. The molecule has 0 amide bonds. The lowest BCUT2D eigenvalue weighted by Gasteiger charge is -2.11. The first-order chi connectivity index (χ1) is 12.4. The van der Waals surface area contributed by atoms with E-state index in [2.05, 4.69) is 0 Å². The Kier molecular flexibility index (Phi) is 3.47. The number of nitro groups is 1. The predicted molar refractivity (Wildman–Crippen MR) is 92.4 cm³/mol. The van der Waals surface area contributed by atoms with E-state index in [1.54, 1.807) is 28.8 Å². The van der Waals surface area contributed by atoms with Gasteiger partial charge >= 0.3 is 6.18 Å². The van der Waals surface area contributed by atoms with Crippen molar-refractivity contribution in [3.63, 3.8) is 0 Å². The van der Waals surface area contributed by atoms with Crippen molar-refractivity contribution in [3.05, 3.63) is 82.4 Å². The van der Waals surface area contributed by atoms with E-state index in [1.165, 1.54) is 0 Å². The third-order valence-corrected chi connectivity index (χ3v) is 4.32. The molecule has 1 aromatic heterocycles. The van der Waals surface area contributed by atoms with Gasteiger partial charge in [0.15, 0.2) is 0 Å². The Bertz CT molecular complexity index is 1110. The van der Waals surface area contributed by atoms with Crippen LogP contribution < -0.4 is 0 Å². The Morgan fingerprint density at radius 1 is 0.846 bits per heavy atom. The summed E-state index contributed by atoms with van der Waals surface area (Å²) in [4.78, 5) is 10.7. The van der Waals surface area contributed by atoms with E-state index in [4.69, 9.17) is 0 Å². The van der Waals surface area contributed by atoms with E-state index < -0.39 is 22.4 Å². The average molecular weight is 356 g/mol. The summed E-state index contributed by atoms with van der Waals surface area (Å²) < 4.78 is 40.6. The molecular formula is C19H11F3N2O2. The Hall–Kier alpha value is -3.35. The zero-order chi connectivity index (χ0) is 18.5. The second-order valence-electron chi connectivity index (χ2n) is 5.83. The molecule has 0 N–H and O–H groups in total. The fourth-order valence-corrected chi connectivity index (χ4v) is 3.22. The van der Waals surface area contributed by atoms with Crippen molar-refractivity contribution in [1.29, 1.82) is 0 Å². The van der Waals surface area contributed by atoms with Crippen molar-refractivity contribution >= 4 is 27.5 Å². The number of hydrogen-bond acceptors (Lipinski definition) is 2. The van der Waals surface area contributed by atoms with Crippen LogP contribution in [0, 0.1) is 10.1 Å². The second kappa shape index (κ2) is 5.59. The molecule has 0 aliphatic carbocycles. The van der Waals surface area contributed by atoms with Gasteiger partial charge in [0.1, 0.15) is 5.69 Å². The molecule has 4 nitrogen and oxygen atoms in total. The van der Waals surface area contributed by atoms with Crippen LogP contribution in [0.5, 0.6) is 0 Å². The van der Waals surface area contributed by atoms with Crippen LogP contribution >= 0.6 is 0 Å². The summed E-state index contributed by atoms with van der Waals surface area (Å²) in [5.41, 5.74) is -0.159. The third kappa shape index (κ3) is 2.40. The largest absolute Gasteiger partial charge is 0.416 e. The molecule has 0 saturated carbocycles. The number of para-hydroxylation sites is 2. The first-order valence-corrected chi connectivity index (χ1v) is 7.72. The van der Waals surface area contributed by atoms with Crippen molar-refractivity contribution in [2.75, 3.05) is 0 Å². The average Bonchev–Trinajstić information content (AvgIpc) is 2.95. The topological polar surface area (TPSA) is 48.1 Å². The predicted octanol–water partition coefficient (Wildman–Crippen LogP) is 5.71. The lowest BCUT2D eigenvalue weighted by atomic mass is 10.1. The molecule has 0 spiro atoms. The Morgan fingerprint density at radius 2 is 1.38 bits per heavy atom. The van der Waals surface area contributed by atoms with Gasteiger partial charge in [-0.1, -0.05) is 36.4 Å². The van der Waals surface area contributed by atoms with Crippen molar-refractivity contribution in [2.45, 2.75) is 6.18 Å². The number of nitrogens with zero attached hydrogens (tertiary/aromatic N) is 2. The number of benzene rings is 3. The van der Waals surface area contributed by atoms with Crippen LogP contribution in [0.1, 0.15) is 5.56 Å². The molecule has 0 atom stereocenters. The van der Waals surface area contributed by atoms with Crippen molar-refractivity contribution in [2.24, 2.45) is 0 Å². The molecule has 130 valence electrons. The summed E-state index contributed by atoms with van der Waals surface area (Å²) in [6.07, 6.45) is -4.65. The quantitative estimate of drug-likeness (QED) is 0.341. The van der Waals surface area contributed by atoms with Crippen LogP contribution in [-0.2, 0) is 6.18 Å². The van der Waals surface area contributed by atoms with Crippen LogP contribution in [0.15, 0.2) is 66.7 Å². The number of halogens is 3. The van der Waals surface area contributed by atoms with E-state index in [0.29, 0.717) is 17.1 Å². The van der Waals surface area contributed by atoms with E-state index in [1.807, 2.05) is 24.3 Å². The molecule has 0 fully saturated rings. The van der Waals surface area contributed by atoms with Gasteiger partial charge in [-0.05, 0) is 24.3 Å². The lowest BCUT2D eigenvalue weighted by Crippen LogP contribution is -2.07. The monoisotopic (exact) mass is 356 g/mol. The van der Waals surface area contributed by atoms with Gasteiger partial charge in [-0.3, -0.25) is 10.1 Å². The molecule has 0 aliphatic rings. The highest BCUT2D eigenvalue weighted by Gasteiger charge is 2.33. The van der Waals surface area contributed by atoms with Gasteiger partial charge in [0.05, 0.1) is 21.5 Å². The molecular weight excluding hydrogens is 345 g/mol. The molecule has 0 unspecified atom stereocenters. The van der Waals surface area contributed by atoms with Crippen LogP contribution in [0.2, 0.25) is 0 Å². The number of hydrogen-bond donors (Lipinski definition) is 0. The van der Waals surface area contributed by atoms with Crippen LogP contribution in [0.3, 0.4) is 0 Å². The van der Waals surface area contributed by atoms with Crippen LogP contribution in [0.4, 0.5) is 18.9 Å². The maximum atomic E-state index is 13.0. The van der Waals surface area contributed by atoms with Gasteiger partial charge in [0.25, 0.3) is 5.69 Å². The summed E-state index contributed by atoms with van der Waals surface area (Å²) in [5, 5.41) is 13.2. The second-order valence-corrected chi connectivity index (χ2v) is 5.83. The van der Waals surface area contributed by atoms with Crippen LogP contribution in [0.25, 0.3) is 27.5 Å². The van der Waals surface area contributed by atoms with Crippen molar-refractivity contribution in [3.8, 4) is 5.69 Å². The lowest BCUT2D eigenvalue weighted by molar-refractivity contribution is -0.384. The number of rotatable bonds is 2. The Morgan fingerprint density at radius 3 is 1.88 bits per heavy atom. The van der Waals surface area contributed by atoms with Gasteiger partial charge in [0, 0.05) is 16.8 Å². The SMILES string of the molecule is O=[N+]([O-])c1cc(C(F)(F)F)ccc1-n1c2ccccc2c2ccccc21. The maximum absolute atomic E-state index is 13.0. The molecule has 0 radical (unpaired) electrons. The number of alkyl halides is 3. The first kappa shape index (κ1) is 16.1. The van der Waals surface area contributed by atoms with Gasteiger partial charge < -0.3 is 4.57 Å². The smallest absolute Gasteiger partial charge is 0.303 e. The minimum Gasteiger partial charge on any atom is -0.303 e.